The summed E-state index contributed by atoms with van der Waals surface area (Å²) in [5.41, 5.74) is 1.97. The summed E-state index contributed by atoms with van der Waals surface area (Å²) in [7, 11) is 0. The van der Waals surface area contributed by atoms with Crippen LogP contribution in [0.5, 0.6) is 0 Å². The maximum atomic E-state index is 12.6. The Balaban J connectivity index is 1.69. The molecule has 4 nitrogen and oxygen atoms in total. The van der Waals surface area contributed by atoms with Crippen LogP contribution >= 0.6 is 0 Å². The lowest BCUT2D eigenvalue weighted by molar-refractivity contribution is -0.123. The van der Waals surface area contributed by atoms with Crippen molar-refractivity contribution >= 4 is 22.6 Å². The van der Waals surface area contributed by atoms with Crippen LogP contribution in [-0.2, 0) is 9.59 Å². The Labute approximate surface area is 159 Å². The maximum Gasteiger partial charge on any atom is 0.222 e. The number of carbonyl (C=O) groups is 2. The Bertz CT molecular complexity index is 937. The fourth-order valence-electron chi connectivity index (χ4n) is 3.23. The topological polar surface area (TPSA) is 58.2 Å². The third-order valence-corrected chi connectivity index (χ3v) is 4.62. The molecule has 0 saturated carbocycles. The highest BCUT2D eigenvalue weighted by Crippen LogP contribution is 2.21. The van der Waals surface area contributed by atoms with E-state index in [1.165, 1.54) is 12.3 Å². The summed E-state index contributed by atoms with van der Waals surface area (Å²) in [6.45, 7) is 3.43. The molecule has 4 heteroatoms. The van der Waals surface area contributed by atoms with E-state index in [9.17, 15) is 9.59 Å². The van der Waals surface area contributed by atoms with Crippen LogP contribution < -0.4 is 10.6 Å². The van der Waals surface area contributed by atoms with Crippen molar-refractivity contribution < 1.29 is 9.59 Å². The fourth-order valence-corrected chi connectivity index (χ4v) is 3.23. The van der Waals surface area contributed by atoms with Crippen molar-refractivity contribution in [1.82, 2.24) is 10.6 Å². The summed E-state index contributed by atoms with van der Waals surface area (Å²) in [6, 6.07) is 23.5. The van der Waals surface area contributed by atoms with Crippen molar-refractivity contribution in [3.63, 3.8) is 0 Å². The van der Waals surface area contributed by atoms with Crippen molar-refractivity contribution in [3.05, 3.63) is 83.9 Å². The molecule has 0 aliphatic carbocycles. The molecule has 0 heterocycles. The van der Waals surface area contributed by atoms with Crippen LogP contribution in [0.2, 0.25) is 0 Å². The van der Waals surface area contributed by atoms with Crippen LogP contribution in [0, 0.1) is 0 Å². The average molecular weight is 360 g/mol. The monoisotopic (exact) mass is 360 g/mol. The van der Waals surface area contributed by atoms with Gasteiger partial charge in [0.15, 0.2) is 0 Å². The number of hydrogen-bond acceptors (Lipinski definition) is 2. The molecule has 0 saturated heterocycles. The molecule has 3 rings (SSSR count). The summed E-state index contributed by atoms with van der Waals surface area (Å²) in [5.74, 6) is -0.252. The lowest BCUT2D eigenvalue weighted by Crippen LogP contribution is -2.33. The molecule has 2 atom stereocenters. The molecule has 3 aromatic rings. The first-order valence-corrected chi connectivity index (χ1v) is 9.13. The number of amides is 2. The van der Waals surface area contributed by atoms with Gasteiger partial charge in [-0.2, -0.15) is 0 Å². The van der Waals surface area contributed by atoms with Crippen LogP contribution in [0.1, 0.15) is 43.5 Å². The van der Waals surface area contributed by atoms with Crippen molar-refractivity contribution in [2.45, 2.75) is 32.4 Å². The first kappa shape index (κ1) is 18.6. The van der Waals surface area contributed by atoms with E-state index in [0.717, 1.165) is 16.5 Å². The number of rotatable bonds is 6. The second-order valence-electron chi connectivity index (χ2n) is 6.76. The summed E-state index contributed by atoms with van der Waals surface area (Å²) < 4.78 is 0. The van der Waals surface area contributed by atoms with Gasteiger partial charge in [0.25, 0.3) is 0 Å². The van der Waals surface area contributed by atoms with E-state index in [1.54, 1.807) is 0 Å². The van der Waals surface area contributed by atoms with Crippen LogP contribution in [0.3, 0.4) is 0 Å². The summed E-state index contributed by atoms with van der Waals surface area (Å²) in [5, 5.41) is 8.23. The molecule has 0 aliphatic rings. The normalized spacial score (nSPS) is 13.0. The molecule has 0 aromatic heterocycles. The van der Waals surface area contributed by atoms with Crippen LogP contribution in [0.25, 0.3) is 10.8 Å². The summed E-state index contributed by atoms with van der Waals surface area (Å²) in [6.07, 6.45) is 0.196. The first-order valence-electron chi connectivity index (χ1n) is 9.13. The molecule has 0 bridgehead atoms. The molecular weight excluding hydrogens is 336 g/mol. The minimum Gasteiger partial charge on any atom is -0.350 e. The van der Waals surface area contributed by atoms with Gasteiger partial charge in [0.1, 0.15) is 0 Å². The van der Waals surface area contributed by atoms with E-state index >= 15 is 0 Å². The number of benzene rings is 3. The Morgan fingerprint density at radius 2 is 1.48 bits per heavy atom. The molecule has 0 spiro atoms. The highest BCUT2D eigenvalue weighted by Gasteiger charge is 2.18. The third-order valence-electron chi connectivity index (χ3n) is 4.62. The number of carbonyl (C=O) groups excluding carboxylic acids is 2. The highest BCUT2D eigenvalue weighted by atomic mass is 16.2. The van der Waals surface area contributed by atoms with E-state index in [1.807, 2.05) is 55.5 Å². The van der Waals surface area contributed by atoms with Crippen molar-refractivity contribution in [3.8, 4) is 0 Å². The second kappa shape index (κ2) is 8.49. The quantitative estimate of drug-likeness (QED) is 0.689. The van der Waals surface area contributed by atoms with Gasteiger partial charge in [-0.25, -0.2) is 0 Å². The van der Waals surface area contributed by atoms with Crippen LogP contribution in [0.4, 0.5) is 0 Å². The molecule has 2 amide bonds. The largest absolute Gasteiger partial charge is 0.350 e. The smallest absolute Gasteiger partial charge is 0.222 e. The summed E-state index contributed by atoms with van der Waals surface area (Å²) in [4.78, 5) is 24.1. The Hall–Kier alpha value is -3.14. The Morgan fingerprint density at radius 1 is 0.815 bits per heavy atom. The van der Waals surface area contributed by atoms with Gasteiger partial charge < -0.3 is 10.6 Å². The predicted molar refractivity (Wildman–Crippen MR) is 108 cm³/mol. The van der Waals surface area contributed by atoms with Crippen molar-refractivity contribution in [2.24, 2.45) is 0 Å². The molecular formula is C23H24N2O2. The van der Waals surface area contributed by atoms with Gasteiger partial charge in [-0.3, -0.25) is 9.59 Å². The number of hydrogen-bond donors (Lipinski definition) is 2. The zero-order valence-corrected chi connectivity index (χ0v) is 15.6. The maximum absolute atomic E-state index is 12.6. The van der Waals surface area contributed by atoms with Gasteiger partial charge in [-0.05, 0) is 34.9 Å². The van der Waals surface area contributed by atoms with Crippen molar-refractivity contribution in [1.29, 1.82) is 0 Å². The Kier molecular flexibility index (Phi) is 5.87. The molecule has 2 N–H and O–H groups in total. The molecule has 27 heavy (non-hydrogen) atoms. The zero-order valence-electron chi connectivity index (χ0n) is 15.6. The SMILES string of the molecule is CC(=O)NC(CC(=O)NC(C)c1ccc2ccccc2c1)c1ccccc1. The van der Waals surface area contributed by atoms with E-state index in [-0.39, 0.29) is 30.3 Å². The lowest BCUT2D eigenvalue weighted by atomic mass is 10.0. The second-order valence-corrected chi connectivity index (χ2v) is 6.76. The molecule has 3 aromatic carbocycles. The average Bonchev–Trinajstić information content (AvgIpc) is 2.67. The minimum atomic E-state index is -0.340. The van der Waals surface area contributed by atoms with Crippen molar-refractivity contribution in [2.75, 3.05) is 0 Å². The van der Waals surface area contributed by atoms with Gasteiger partial charge >= 0.3 is 0 Å². The van der Waals surface area contributed by atoms with Gasteiger partial charge in [0, 0.05) is 6.92 Å². The Morgan fingerprint density at radius 3 is 2.19 bits per heavy atom. The number of nitrogens with one attached hydrogen (secondary N) is 2. The van der Waals surface area contributed by atoms with E-state index in [0.29, 0.717) is 0 Å². The fraction of sp³-hybridized carbons (Fsp3) is 0.217. The third kappa shape index (κ3) is 4.94. The predicted octanol–water partition coefficient (Wildman–Crippen LogP) is 4.28. The summed E-state index contributed by atoms with van der Waals surface area (Å²) >= 11 is 0. The molecule has 0 fully saturated rings. The highest BCUT2D eigenvalue weighted by molar-refractivity contribution is 5.83. The minimum absolute atomic E-state index is 0.0988. The molecule has 0 radical (unpaired) electrons. The van der Waals surface area contributed by atoms with Crippen LogP contribution in [-0.4, -0.2) is 11.8 Å². The van der Waals surface area contributed by atoms with Gasteiger partial charge in [0.2, 0.25) is 11.8 Å². The van der Waals surface area contributed by atoms with Gasteiger partial charge in [-0.1, -0.05) is 66.7 Å². The molecule has 0 aliphatic heterocycles. The zero-order chi connectivity index (χ0) is 19.2. The first-order chi connectivity index (χ1) is 13.0. The van der Waals surface area contributed by atoms with E-state index < -0.39 is 0 Å². The number of fused-ring (bicyclic) bond motifs is 1. The van der Waals surface area contributed by atoms with Crippen LogP contribution in [0.15, 0.2) is 72.8 Å². The van der Waals surface area contributed by atoms with E-state index in [4.69, 9.17) is 0 Å². The van der Waals surface area contributed by atoms with Gasteiger partial charge in [-0.15, -0.1) is 0 Å². The lowest BCUT2D eigenvalue weighted by Gasteiger charge is -2.20. The molecule has 2 unspecified atom stereocenters. The molecule has 138 valence electrons. The van der Waals surface area contributed by atoms with E-state index in [2.05, 4.69) is 34.9 Å². The standard InChI is InChI=1S/C23H24N2O2/c1-16(20-13-12-18-8-6-7-11-21(18)14-20)24-23(27)15-22(25-17(2)26)19-9-4-3-5-10-19/h3-14,16,22H,15H2,1-2H3,(H,24,27)(H,25,26). The van der Waals surface area contributed by atoms with Gasteiger partial charge in [0.05, 0.1) is 18.5 Å².